The second-order valence-corrected chi connectivity index (χ2v) is 57.2. The molecule has 0 N–H and O–H groups in total. The summed E-state index contributed by atoms with van der Waals surface area (Å²) >= 11 is 0. The Morgan fingerprint density at radius 2 is 0.593 bits per heavy atom. The van der Waals surface area contributed by atoms with Gasteiger partial charge in [0.05, 0.1) is 19.8 Å². The molecular weight excluding hydrogens is 1290 g/mol. The number of rotatable bonds is 28. The van der Waals surface area contributed by atoms with E-state index in [9.17, 15) is 0 Å². The second kappa shape index (κ2) is 33.3. The van der Waals surface area contributed by atoms with Crippen LogP contribution in [0.1, 0.15) is 94.0 Å². The fourth-order valence-corrected chi connectivity index (χ4v) is 58.7. The van der Waals surface area contributed by atoms with Gasteiger partial charge < -0.3 is 68.3 Å². The van der Waals surface area contributed by atoms with Crippen LogP contribution in [0.5, 0.6) is 17.2 Å². The topological polar surface area (TPSA) is 148 Å². The number of hydrogen-bond donors (Lipinski definition) is 0. The maximum atomic E-state index is 7.11. The minimum atomic E-state index is -2.62. The van der Waals surface area contributed by atoms with Crippen LogP contribution in [0.3, 0.4) is 0 Å². The van der Waals surface area contributed by atoms with Gasteiger partial charge >= 0.3 is 34.2 Å². The highest BCUT2D eigenvalue weighted by molar-refractivity contribution is 6.87. The van der Waals surface area contributed by atoms with E-state index in [4.69, 9.17) is 68.3 Å². The Bertz CT molecular complexity index is 2610. The van der Waals surface area contributed by atoms with Gasteiger partial charge in [0.15, 0.2) is 0 Å². The third kappa shape index (κ3) is 22.9. The van der Waals surface area contributed by atoms with Gasteiger partial charge in [0.1, 0.15) is 17.2 Å². The fraction of sp³-hybridized carbons (Fsp3) is 0.586. The quantitative estimate of drug-likeness (QED) is 0.0392. The zero-order valence-electron chi connectivity index (χ0n) is 54.7. The molecule has 0 amide bonds. The minimum absolute atomic E-state index is 0.148. The molecule has 4 aromatic rings. The summed E-state index contributed by atoms with van der Waals surface area (Å²) in [6.45, 7) is 37.7. The normalized spacial score (nSPS) is 29.8. The first-order valence-electron chi connectivity index (χ1n) is 31.6. The predicted octanol–water partition coefficient (Wildman–Crippen LogP) is 11.4. The van der Waals surface area contributed by atoms with Gasteiger partial charge in [-0.3, -0.25) is 0 Å². The highest BCUT2D eigenvalue weighted by atomic mass is 28.5. The molecule has 0 aliphatic carbocycles. The van der Waals surface area contributed by atoms with Crippen LogP contribution in [-0.2, 0) is 71.4 Å². The molecule has 480 valence electrons. The first-order chi connectivity index (χ1) is 40.7. The summed E-state index contributed by atoms with van der Waals surface area (Å²) in [6, 6.07) is 38.1. The molecule has 8 atom stereocenters. The lowest BCUT2D eigenvalue weighted by Crippen LogP contribution is -2.59. The molecule has 3 saturated heterocycles. The van der Waals surface area contributed by atoms with Crippen molar-refractivity contribution in [3.8, 4) is 17.2 Å². The Morgan fingerprint density at radius 1 is 0.326 bits per heavy atom. The van der Waals surface area contributed by atoms with E-state index in [-0.39, 0.29) is 10.8 Å². The van der Waals surface area contributed by atoms with Gasteiger partial charge in [0.2, 0.25) is 0 Å². The summed E-state index contributed by atoms with van der Waals surface area (Å²) in [5.74, 6) is 2.59. The zero-order chi connectivity index (χ0) is 62.2. The van der Waals surface area contributed by atoms with Gasteiger partial charge in [0.25, 0.3) is 74.3 Å². The summed E-state index contributed by atoms with van der Waals surface area (Å²) in [4.78, 5) is 0. The molecule has 3 aliphatic rings. The van der Waals surface area contributed by atoms with Crippen LogP contribution in [0.2, 0.25) is 103 Å². The van der Waals surface area contributed by atoms with Crippen LogP contribution >= 0.6 is 0 Å². The Labute approximate surface area is 534 Å². The van der Waals surface area contributed by atoms with Crippen molar-refractivity contribution in [1.82, 2.24) is 0 Å². The van der Waals surface area contributed by atoms with E-state index in [0.29, 0.717) is 26.4 Å². The van der Waals surface area contributed by atoms with Crippen molar-refractivity contribution in [3.05, 3.63) is 125 Å². The standard InChI is InChI=1S/C58H104O16Si12/c1-57(2,51-28-34-54(35-29-51)60-42-20-45-83(13)68-77(7)63-75(5)64-78(8)69-83)50-26-24-49(25-27-50)23-17-18-40-59-41-19-47-85(15)72-81(11)67-82(12)73-86(16,74-85)48-22-44-62-56-38-32-53(33-39-56)58(3,4)52-30-36-55(37-31-52)61-43-21-46-84(14)70-79(9)65-76(6)66-80(10)71-84/h24-39,75-82H,17-23,40-48H2,1-16H3. The van der Waals surface area contributed by atoms with E-state index in [1.165, 1.54) is 27.8 Å². The molecule has 4 aromatic carbocycles. The second-order valence-electron chi connectivity index (χ2n) is 25.1. The molecule has 3 heterocycles. The van der Waals surface area contributed by atoms with E-state index in [1.807, 2.05) is 0 Å². The van der Waals surface area contributed by atoms with Gasteiger partial charge in [-0.25, -0.2) is 0 Å². The Morgan fingerprint density at radius 3 is 0.930 bits per heavy atom. The number of ether oxygens (including phenoxy) is 4. The van der Waals surface area contributed by atoms with Crippen molar-refractivity contribution < 1.29 is 68.3 Å². The van der Waals surface area contributed by atoms with Crippen LogP contribution in [0.15, 0.2) is 97.1 Å². The highest BCUT2D eigenvalue weighted by Crippen LogP contribution is 2.36. The lowest BCUT2D eigenvalue weighted by atomic mass is 9.78. The molecule has 0 bridgehead atoms. The van der Waals surface area contributed by atoms with E-state index < -0.39 is 109 Å². The Kier molecular flexibility index (Phi) is 27.8. The third-order valence-electron chi connectivity index (χ3n) is 16.3. The maximum absolute atomic E-state index is 7.11. The van der Waals surface area contributed by atoms with Gasteiger partial charge in [-0.2, -0.15) is 0 Å². The minimum Gasteiger partial charge on any atom is -0.494 e. The van der Waals surface area contributed by atoms with Crippen LogP contribution in [0, 0.1) is 0 Å². The summed E-state index contributed by atoms with van der Waals surface area (Å²) in [6.07, 6.45) is 6.53. The molecular formula is C58H104O16Si12. The molecule has 3 fully saturated rings. The van der Waals surface area contributed by atoms with E-state index in [0.717, 1.165) is 93.0 Å². The van der Waals surface area contributed by atoms with Crippen molar-refractivity contribution in [2.75, 3.05) is 33.0 Å². The van der Waals surface area contributed by atoms with Gasteiger partial charge in [0, 0.05) is 24.0 Å². The summed E-state index contributed by atoms with van der Waals surface area (Å²) in [5, 5.41) is 0. The van der Waals surface area contributed by atoms with Crippen molar-refractivity contribution >= 4 is 109 Å². The van der Waals surface area contributed by atoms with Gasteiger partial charge in [-0.1, -0.05) is 88.4 Å². The third-order valence-corrected chi connectivity index (χ3v) is 60.1. The number of benzene rings is 4. The molecule has 7 rings (SSSR count). The SMILES string of the molecule is C[SiH]1O[SiH](C)O[Si](C)(CCCOc2ccc(C(C)(C)c3ccc(CCCCOCCC[Si]4(C)O[SiH](C)O[SiH](C)O[Si](C)(CCCOc5ccc(C(C)(C)c6ccc(OCCC[Si]7(C)O[SiH](C)O[SiH](C)O[SiH](C)O7)cc6)cc5)O4)cc3)cc2)O[SiH](C)O1. The first-order valence-corrected chi connectivity index (χ1v) is 58.5. The Balaban J connectivity index is 0.771. The van der Waals surface area contributed by atoms with E-state index in [1.54, 1.807) is 0 Å². The Hall–Kier alpha value is -1.64. The molecule has 28 heteroatoms. The molecule has 86 heavy (non-hydrogen) atoms. The van der Waals surface area contributed by atoms with Crippen LogP contribution in [0.4, 0.5) is 0 Å². The molecule has 3 aliphatic heterocycles. The highest BCUT2D eigenvalue weighted by Gasteiger charge is 2.47. The molecule has 0 saturated carbocycles. The molecule has 0 radical (unpaired) electrons. The van der Waals surface area contributed by atoms with Gasteiger partial charge in [-0.05, 0) is 212 Å². The van der Waals surface area contributed by atoms with Crippen LogP contribution in [-0.4, -0.2) is 142 Å². The van der Waals surface area contributed by atoms with Crippen molar-refractivity contribution in [2.45, 2.75) is 186 Å². The largest absolute Gasteiger partial charge is 0.494 e. The molecule has 16 nitrogen and oxygen atoms in total. The predicted molar refractivity (Wildman–Crippen MR) is 372 cm³/mol. The fourth-order valence-electron chi connectivity index (χ4n) is 11.9. The lowest BCUT2D eigenvalue weighted by Gasteiger charge is -2.42. The van der Waals surface area contributed by atoms with Crippen molar-refractivity contribution in [2.24, 2.45) is 0 Å². The van der Waals surface area contributed by atoms with Crippen molar-refractivity contribution in [3.63, 3.8) is 0 Å². The maximum Gasteiger partial charge on any atom is 0.317 e. The molecule has 8 unspecified atom stereocenters. The van der Waals surface area contributed by atoms with Gasteiger partial charge in [-0.15, -0.1) is 0 Å². The molecule has 0 aromatic heterocycles. The number of hydrogen-bond acceptors (Lipinski definition) is 16. The number of aryl methyl sites for hydroxylation is 1. The van der Waals surface area contributed by atoms with Crippen LogP contribution in [0.25, 0.3) is 0 Å². The summed E-state index contributed by atoms with van der Waals surface area (Å²) in [5.41, 5.74) is 5.96. The summed E-state index contributed by atoms with van der Waals surface area (Å²) in [7, 11) is -24.0. The molecule has 0 spiro atoms. The summed E-state index contributed by atoms with van der Waals surface area (Å²) < 4.78 is 102. The number of unbranched alkanes of at least 4 members (excludes halogenated alkanes) is 1. The lowest BCUT2D eigenvalue weighted by molar-refractivity contribution is 0.129. The monoisotopic (exact) mass is 1390 g/mol. The van der Waals surface area contributed by atoms with Crippen LogP contribution < -0.4 is 14.2 Å². The van der Waals surface area contributed by atoms with Crippen molar-refractivity contribution in [1.29, 1.82) is 0 Å². The first kappa shape index (κ1) is 71.8. The average molecular weight is 1390 g/mol. The van der Waals surface area contributed by atoms with E-state index >= 15 is 0 Å². The zero-order valence-corrected chi connectivity index (χ0v) is 67.9. The average Bonchev–Trinajstić information content (AvgIpc) is 3.48. The van der Waals surface area contributed by atoms with E-state index in [2.05, 4.69) is 203 Å². The smallest absolute Gasteiger partial charge is 0.317 e.